The highest BCUT2D eigenvalue weighted by molar-refractivity contribution is 6.33. The fraction of sp³-hybridized carbons (Fsp3) is 0.200. The number of carbonyl (C=O) groups is 2. The fourth-order valence-corrected chi connectivity index (χ4v) is 3.41. The summed E-state index contributed by atoms with van der Waals surface area (Å²) >= 11 is 6.12. The van der Waals surface area contributed by atoms with E-state index in [2.05, 4.69) is 15.2 Å². The van der Waals surface area contributed by atoms with Crippen molar-refractivity contribution < 1.29 is 9.59 Å². The zero-order valence-electron chi connectivity index (χ0n) is 15.0. The van der Waals surface area contributed by atoms with E-state index in [1.807, 2.05) is 12.1 Å². The van der Waals surface area contributed by atoms with Gasteiger partial charge in [-0.2, -0.15) is 5.10 Å². The lowest BCUT2D eigenvalue weighted by Crippen LogP contribution is -2.50. The number of aromatic amines is 1. The van der Waals surface area contributed by atoms with Crippen LogP contribution >= 0.6 is 11.6 Å². The van der Waals surface area contributed by atoms with Gasteiger partial charge in [0.15, 0.2) is 0 Å². The molecule has 1 N–H and O–H groups in total. The minimum absolute atomic E-state index is 0.112. The lowest BCUT2D eigenvalue weighted by atomic mass is 10.1. The van der Waals surface area contributed by atoms with Gasteiger partial charge in [0.05, 0.1) is 16.3 Å². The van der Waals surface area contributed by atoms with E-state index in [1.54, 1.807) is 52.5 Å². The summed E-state index contributed by atoms with van der Waals surface area (Å²) in [4.78, 5) is 32.8. The van der Waals surface area contributed by atoms with Crippen LogP contribution in [0.15, 0.2) is 54.9 Å². The number of halogens is 1. The van der Waals surface area contributed by atoms with Gasteiger partial charge in [-0.25, -0.2) is 0 Å². The third kappa shape index (κ3) is 3.61. The monoisotopic (exact) mass is 395 g/mol. The van der Waals surface area contributed by atoms with E-state index in [9.17, 15) is 9.59 Å². The lowest BCUT2D eigenvalue weighted by molar-refractivity contribution is 0.0532. The number of nitrogens with one attached hydrogen (secondary N) is 1. The number of rotatable bonds is 3. The van der Waals surface area contributed by atoms with Crippen molar-refractivity contribution in [1.82, 2.24) is 25.0 Å². The second-order valence-corrected chi connectivity index (χ2v) is 6.87. The van der Waals surface area contributed by atoms with Gasteiger partial charge in [0, 0.05) is 44.1 Å². The Morgan fingerprint density at radius 2 is 1.57 bits per heavy atom. The molecule has 8 heteroatoms. The predicted molar refractivity (Wildman–Crippen MR) is 105 cm³/mol. The quantitative estimate of drug-likeness (QED) is 0.739. The van der Waals surface area contributed by atoms with E-state index >= 15 is 0 Å². The zero-order chi connectivity index (χ0) is 19.5. The Balaban J connectivity index is 1.40. The Kier molecular flexibility index (Phi) is 5.08. The van der Waals surface area contributed by atoms with Crippen LogP contribution in [0.1, 0.15) is 20.8 Å². The Labute approximate surface area is 166 Å². The minimum Gasteiger partial charge on any atom is -0.335 e. The topological polar surface area (TPSA) is 82.2 Å². The first kappa shape index (κ1) is 18.2. The number of carbonyl (C=O) groups excluding carboxylic acids is 2. The molecule has 1 fully saturated rings. The van der Waals surface area contributed by atoms with Crippen molar-refractivity contribution in [3.05, 3.63) is 71.1 Å². The second-order valence-electron chi connectivity index (χ2n) is 6.47. The maximum absolute atomic E-state index is 12.8. The average molecular weight is 396 g/mol. The van der Waals surface area contributed by atoms with Crippen molar-refractivity contribution >= 4 is 23.4 Å². The number of hydrogen-bond acceptors (Lipinski definition) is 4. The predicted octanol–water partition coefficient (Wildman–Crippen LogP) is 2.72. The minimum atomic E-state index is -0.127. The largest absolute Gasteiger partial charge is 0.335 e. The highest BCUT2D eigenvalue weighted by Crippen LogP contribution is 2.20. The van der Waals surface area contributed by atoms with Crippen LogP contribution in [-0.2, 0) is 0 Å². The molecular formula is C20H18ClN5O2. The van der Waals surface area contributed by atoms with Crippen LogP contribution in [0.25, 0.3) is 11.3 Å². The average Bonchev–Trinajstić information content (AvgIpc) is 3.24. The van der Waals surface area contributed by atoms with Crippen molar-refractivity contribution in [2.24, 2.45) is 0 Å². The van der Waals surface area contributed by atoms with Crippen molar-refractivity contribution in [3.63, 3.8) is 0 Å². The van der Waals surface area contributed by atoms with Crippen LogP contribution in [0.3, 0.4) is 0 Å². The smallest absolute Gasteiger partial charge is 0.272 e. The molecule has 2 aromatic heterocycles. The molecule has 28 heavy (non-hydrogen) atoms. The number of aromatic nitrogens is 3. The summed E-state index contributed by atoms with van der Waals surface area (Å²) in [6.07, 6.45) is 3.36. The second kappa shape index (κ2) is 7.82. The summed E-state index contributed by atoms with van der Waals surface area (Å²) in [6.45, 7) is 1.83. The van der Waals surface area contributed by atoms with Crippen LogP contribution < -0.4 is 0 Å². The molecule has 0 saturated carbocycles. The number of hydrogen-bond donors (Lipinski definition) is 1. The molecule has 3 aromatic rings. The van der Waals surface area contributed by atoms with Crippen LogP contribution in [0.5, 0.6) is 0 Å². The van der Waals surface area contributed by atoms with Gasteiger partial charge in [-0.1, -0.05) is 23.7 Å². The third-order valence-electron chi connectivity index (χ3n) is 4.74. The molecule has 0 atom stereocenters. The molecule has 142 valence electrons. The molecule has 1 saturated heterocycles. The Morgan fingerprint density at radius 1 is 0.929 bits per heavy atom. The summed E-state index contributed by atoms with van der Waals surface area (Å²) in [5.74, 6) is -0.239. The van der Waals surface area contributed by atoms with Gasteiger partial charge >= 0.3 is 0 Å². The molecule has 7 nitrogen and oxygen atoms in total. The number of amides is 2. The van der Waals surface area contributed by atoms with Gasteiger partial charge in [-0.3, -0.25) is 19.7 Å². The molecule has 1 aliphatic rings. The van der Waals surface area contributed by atoms with Gasteiger partial charge in [-0.05, 0) is 30.3 Å². The molecule has 0 spiro atoms. The van der Waals surface area contributed by atoms with Gasteiger partial charge in [-0.15, -0.1) is 0 Å². The summed E-state index contributed by atoms with van der Waals surface area (Å²) in [5.41, 5.74) is 2.50. The van der Waals surface area contributed by atoms with Crippen molar-refractivity contribution in [1.29, 1.82) is 0 Å². The van der Waals surface area contributed by atoms with Crippen LogP contribution in [0.2, 0.25) is 5.02 Å². The molecule has 4 rings (SSSR count). The SMILES string of the molecule is O=C(c1cc(-c2ccncc2)n[nH]1)N1CCN(C(=O)c2ccccc2Cl)CC1. The Hall–Kier alpha value is -3.19. The standard InChI is InChI=1S/C20H18ClN5O2/c21-16-4-2-1-3-15(16)19(27)25-9-11-26(12-10-25)20(28)18-13-17(23-24-18)14-5-7-22-8-6-14/h1-8,13H,9-12H2,(H,23,24). The van der Waals surface area contributed by atoms with E-state index in [0.717, 1.165) is 5.56 Å². The van der Waals surface area contributed by atoms with Crippen molar-refractivity contribution in [3.8, 4) is 11.3 Å². The molecule has 0 unspecified atom stereocenters. The van der Waals surface area contributed by atoms with Gasteiger partial charge in [0.25, 0.3) is 11.8 Å². The normalized spacial score (nSPS) is 14.2. The zero-order valence-corrected chi connectivity index (χ0v) is 15.8. The van der Waals surface area contributed by atoms with Gasteiger partial charge in [0.2, 0.25) is 0 Å². The Bertz CT molecular complexity index is 997. The van der Waals surface area contributed by atoms with E-state index in [4.69, 9.17) is 11.6 Å². The Morgan fingerprint density at radius 3 is 2.25 bits per heavy atom. The van der Waals surface area contributed by atoms with Crippen molar-refractivity contribution in [2.45, 2.75) is 0 Å². The highest BCUT2D eigenvalue weighted by atomic mass is 35.5. The van der Waals surface area contributed by atoms with E-state index < -0.39 is 0 Å². The van der Waals surface area contributed by atoms with Crippen LogP contribution in [0.4, 0.5) is 0 Å². The molecule has 1 aliphatic heterocycles. The first-order valence-corrected chi connectivity index (χ1v) is 9.30. The molecule has 0 radical (unpaired) electrons. The van der Waals surface area contributed by atoms with Gasteiger partial charge in [0.1, 0.15) is 5.69 Å². The first-order chi connectivity index (χ1) is 13.6. The fourth-order valence-electron chi connectivity index (χ4n) is 3.19. The van der Waals surface area contributed by atoms with E-state index in [-0.39, 0.29) is 11.8 Å². The summed E-state index contributed by atoms with van der Waals surface area (Å²) in [5, 5.41) is 7.46. The molecule has 1 aromatic carbocycles. The molecule has 0 aliphatic carbocycles. The van der Waals surface area contributed by atoms with Crippen molar-refractivity contribution in [2.75, 3.05) is 26.2 Å². The maximum atomic E-state index is 12.8. The van der Waals surface area contributed by atoms with Gasteiger partial charge < -0.3 is 9.80 Å². The number of H-pyrrole nitrogens is 1. The summed E-state index contributed by atoms with van der Waals surface area (Å²) in [7, 11) is 0. The first-order valence-electron chi connectivity index (χ1n) is 8.92. The third-order valence-corrected chi connectivity index (χ3v) is 5.07. The maximum Gasteiger partial charge on any atom is 0.272 e. The molecule has 2 amide bonds. The lowest BCUT2D eigenvalue weighted by Gasteiger charge is -2.34. The molecule has 3 heterocycles. The summed E-state index contributed by atoms with van der Waals surface area (Å²) in [6, 6.07) is 12.4. The number of piperazine rings is 1. The number of benzene rings is 1. The highest BCUT2D eigenvalue weighted by Gasteiger charge is 2.27. The number of nitrogens with zero attached hydrogens (tertiary/aromatic N) is 4. The number of pyridine rings is 1. The van der Waals surface area contributed by atoms with E-state index in [1.165, 1.54) is 0 Å². The van der Waals surface area contributed by atoms with Crippen LogP contribution in [0, 0.1) is 0 Å². The molecular weight excluding hydrogens is 378 g/mol. The summed E-state index contributed by atoms with van der Waals surface area (Å²) < 4.78 is 0. The van der Waals surface area contributed by atoms with Crippen LogP contribution in [-0.4, -0.2) is 63.0 Å². The van der Waals surface area contributed by atoms with E-state index in [0.29, 0.717) is 48.2 Å². The molecule has 0 bridgehead atoms.